The summed E-state index contributed by atoms with van der Waals surface area (Å²) >= 11 is 6.20. The highest BCUT2D eigenvalue weighted by Gasteiger charge is 2.38. The predicted octanol–water partition coefficient (Wildman–Crippen LogP) is 3.18. The van der Waals surface area contributed by atoms with Crippen LogP contribution in [0.2, 0.25) is 5.02 Å². The van der Waals surface area contributed by atoms with Crippen molar-refractivity contribution in [2.24, 2.45) is 11.8 Å². The average Bonchev–Trinajstić information content (AvgIpc) is 3.40. The molecule has 28 heavy (non-hydrogen) atoms. The number of carbonyl (C=O) groups is 2. The number of rotatable bonds is 6. The minimum absolute atomic E-state index is 0.0131. The standard InChI is InChI=1S/C22H30ClN3O2/c23-19-8-4-3-7-18(19)22(28)26-13-11-25(12-14-26)20(17-5-1-2-6-17)21(27)24-15-16-9-10-16/h3-4,7-8,16-17,20H,1-2,5-6,9-15H2,(H,24,27). The van der Waals surface area contributed by atoms with Gasteiger partial charge in [0.2, 0.25) is 5.91 Å². The summed E-state index contributed by atoms with van der Waals surface area (Å²) in [5.74, 6) is 1.33. The van der Waals surface area contributed by atoms with Gasteiger partial charge in [0, 0.05) is 32.7 Å². The van der Waals surface area contributed by atoms with E-state index < -0.39 is 0 Å². The van der Waals surface area contributed by atoms with Gasteiger partial charge >= 0.3 is 0 Å². The molecule has 1 N–H and O–H groups in total. The van der Waals surface area contributed by atoms with E-state index in [1.54, 1.807) is 12.1 Å². The monoisotopic (exact) mass is 403 g/mol. The van der Waals surface area contributed by atoms with Crippen molar-refractivity contribution in [2.75, 3.05) is 32.7 Å². The van der Waals surface area contributed by atoms with Gasteiger partial charge in [-0.3, -0.25) is 14.5 Å². The van der Waals surface area contributed by atoms with Crippen molar-refractivity contribution in [3.8, 4) is 0 Å². The number of halogens is 1. The maximum absolute atomic E-state index is 13.0. The van der Waals surface area contributed by atoms with E-state index in [0.29, 0.717) is 35.5 Å². The van der Waals surface area contributed by atoms with E-state index in [4.69, 9.17) is 11.6 Å². The first-order valence-electron chi connectivity index (χ1n) is 10.7. The first-order valence-corrected chi connectivity index (χ1v) is 11.1. The van der Waals surface area contributed by atoms with Crippen molar-refractivity contribution in [3.05, 3.63) is 34.9 Å². The minimum atomic E-state index is -0.0428. The van der Waals surface area contributed by atoms with Gasteiger partial charge in [0.15, 0.2) is 0 Å². The molecule has 0 aromatic heterocycles. The molecule has 1 aromatic rings. The van der Waals surface area contributed by atoms with Crippen LogP contribution in [0.5, 0.6) is 0 Å². The summed E-state index contributed by atoms with van der Waals surface area (Å²) in [5, 5.41) is 3.71. The van der Waals surface area contributed by atoms with Crippen LogP contribution >= 0.6 is 11.6 Å². The van der Waals surface area contributed by atoms with E-state index >= 15 is 0 Å². The molecule has 1 heterocycles. The van der Waals surface area contributed by atoms with E-state index in [-0.39, 0.29) is 17.9 Å². The van der Waals surface area contributed by atoms with Gasteiger partial charge in [-0.1, -0.05) is 36.6 Å². The molecular formula is C22H30ClN3O2. The molecule has 2 aliphatic carbocycles. The lowest BCUT2D eigenvalue weighted by Crippen LogP contribution is -2.58. The average molecular weight is 404 g/mol. The van der Waals surface area contributed by atoms with Gasteiger partial charge in [-0.15, -0.1) is 0 Å². The summed E-state index contributed by atoms with van der Waals surface area (Å²) in [6.45, 7) is 3.60. The maximum atomic E-state index is 13.0. The van der Waals surface area contributed by atoms with Crippen LogP contribution < -0.4 is 5.32 Å². The van der Waals surface area contributed by atoms with Gasteiger partial charge < -0.3 is 10.2 Å². The molecule has 0 bridgehead atoms. The molecular weight excluding hydrogens is 374 g/mol. The lowest BCUT2D eigenvalue weighted by Gasteiger charge is -2.40. The quantitative estimate of drug-likeness (QED) is 0.793. The van der Waals surface area contributed by atoms with Gasteiger partial charge in [0.05, 0.1) is 16.6 Å². The van der Waals surface area contributed by atoms with Gasteiger partial charge in [0.25, 0.3) is 5.91 Å². The van der Waals surface area contributed by atoms with Gasteiger partial charge in [0.1, 0.15) is 0 Å². The molecule has 1 unspecified atom stereocenters. The zero-order valence-corrected chi connectivity index (χ0v) is 17.2. The number of piperazine rings is 1. The Balaban J connectivity index is 1.38. The molecule has 2 saturated carbocycles. The van der Waals surface area contributed by atoms with E-state index in [9.17, 15) is 9.59 Å². The van der Waals surface area contributed by atoms with Crippen molar-refractivity contribution < 1.29 is 9.59 Å². The summed E-state index contributed by atoms with van der Waals surface area (Å²) in [4.78, 5) is 30.0. The normalized spacial score (nSPS) is 22.2. The number of hydrogen-bond donors (Lipinski definition) is 1. The molecule has 0 spiro atoms. The molecule has 5 nitrogen and oxygen atoms in total. The molecule has 4 rings (SSSR count). The summed E-state index contributed by atoms with van der Waals surface area (Å²) in [7, 11) is 0. The van der Waals surface area contributed by atoms with Crippen molar-refractivity contribution in [1.29, 1.82) is 0 Å². The topological polar surface area (TPSA) is 52.7 Å². The summed E-state index contributed by atoms with van der Waals surface area (Å²) < 4.78 is 0. The lowest BCUT2D eigenvalue weighted by molar-refractivity contribution is -0.129. The Morgan fingerprint density at radius 1 is 1.04 bits per heavy atom. The van der Waals surface area contributed by atoms with Crippen LogP contribution in [0.1, 0.15) is 48.9 Å². The van der Waals surface area contributed by atoms with Gasteiger partial charge in [-0.05, 0) is 49.7 Å². The molecule has 2 amide bonds. The van der Waals surface area contributed by atoms with E-state index in [0.717, 1.165) is 32.5 Å². The highest BCUT2D eigenvalue weighted by Crippen LogP contribution is 2.32. The van der Waals surface area contributed by atoms with Crippen LogP contribution in [0.4, 0.5) is 0 Å². The Hall–Kier alpha value is -1.59. The number of nitrogens with one attached hydrogen (secondary N) is 1. The second-order valence-corrected chi connectivity index (χ2v) is 8.89. The zero-order chi connectivity index (χ0) is 19.5. The third-order valence-corrected chi connectivity index (χ3v) is 6.81. The van der Waals surface area contributed by atoms with E-state index in [1.165, 1.54) is 25.7 Å². The molecule has 3 aliphatic rings. The fourth-order valence-electron chi connectivity index (χ4n) is 4.63. The summed E-state index contributed by atoms with van der Waals surface area (Å²) in [5.41, 5.74) is 0.562. The second-order valence-electron chi connectivity index (χ2n) is 8.49. The number of nitrogens with zero attached hydrogens (tertiary/aromatic N) is 2. The number of amides is 2. The minimum Gasteiger partial charge on any atom is -0.354 e. The van der Waals surface area contributed by atoms with Gasteiger partial charge in [-0.25, -0.2) is 0 Å². The van der Waals surface area contributed by atoms with Crippen LogP contribution in [0.15, 0.2) is 24.3 Å². The van der Waals surface area contributed by atoms with Crippen molar-refractivity contribution >= 4 is 23.4 Å². The first-order chi connectivity index (χ1) is 13.6. The molecule has 1 saturated heterocycles. The van der Waals surface area contributed by atoms with Crippen LogP contribution in [-0.2, 0) is 4.79 Å². The fourth-order valence-corrected chi connectivity index (χ4v) is 4.85. The Morgan fingerprint density at radius 2 is 1.71 bits per heavy atom. The molecule has 1 aromatic carbocycles. The smallest absolute Gasteiger partial charge is 0.255 e. The summed E-state index contributed by atoms with van der Waals surface area (Å²) in [6, 6.07) is 7.17. The number of carbonyl (C=O) groups excluding carboxylic acids is 2. The Morgan fingerprint density at radius 3 is 2.36 bits per heavy atom. The fraction of sp³-hybridized carbons (Fsp3) is 0.636. The van der Waals surface area contributed by atoms with E-state index in [2.05, 4.69) is 10.2 Å². The van der Waals surface area contributed by atoms with Crippen molar-refractivity contribution in [3.63, 3.8) is 0 Å². The second kappa shape index (κ2) is 8.83. The largest absolute Gasteiger partial charge is 0.354 e. The highest BCUT2D eigenvalue weighted by molar-refractivity contribution is 6.33. The van der Waals surface area contributed by atoms with E-state index in [1.807, 2.05) is 17.0 Å². The van der Waals surface area contributed by atoms with Crippen LogP contribution in [0.25, 0.3) is 0 Å². The Bertz CT molecular complexity index is 707. The van der Waals surface area contributed by atoms with Crippen LogP contribution in [0.3, 0.4) is 0 Å². The maximum Gasteiger partial charge on any atom is 0.255 e. The third-order valence-electron chi connectivity index (χ3n) is 6.48. The molecule has 152 valence electrons. The van der Waals surface area contributed by atoms with Gasteiger partial charge in [-0.2, -0.15) is 0 Å². The SMILES string of the molecule is O=C(NCC1CC1)C(C1CCCC1)N1CCN(C(=O)c2ccccc2Cl)CC1. The predicted molar refractivity (Wildman–Crippen MR) is 110 cm³/mol. The van der Waals surface area contributed by atoms with Crippen molar-refractivity contribution in [2.45, 2.75) is 44.6 Å². The van der Waals surface area contributed by atoms with Crippen LogP contribution in [-0.4, -0.2) is 60.4 Å². The number of hydrogen-bond acceptors (Lipinski definition) is 3. The molecule has 1 atom stereocenters. The Labute approximate surface area is 172 Å². The molecule has 0 radical (unpaired) electrons. The third kappa shape index (κ3) is 4.52. The lowest BCUT2D eigenvalue weighted by atomic mass is 9.95. The molecule has 1 aliphatic heterocycles. The Kier molecular flexibility index (Phi) is 6.22. The molecule has 6 heteroatoms. The zero-order valence-electron chi connectivity index (χ0n) is 16.4. The molecule has 3 fully saturated rings. The summed E-state index contributed by atoms with van der Waals surface area (Å²) in [6.07, 6.45) is 7.22. The highest BCUT2D eigenvalue weighted by atomic mass is 35.5. The first kappa shape index (κ1) is 19.7. The van der Waals surface area contributed by atoms with Crippen LogP contribution in [0, 0.1) is 11.8 Å². The van der Waals surface area contributed by atoms with Crippen molar-refractivity contribution in [1.82, 2.24) is 15.1 Å². The number of benzene rings is 1.